The van der Waals surface area contributed by atoms with E-state index in [1.165, 1.54) is 24.0 Å². The Morgan fingerprint density at radius 1 is 1.17 bits per heavy atom. The molecule has 1 N–H and O–H groups in total. The Kier molecular flexibility index (Phi) is 4.72. The topological polar surface area (TPSA) is 55.6 Å². The van der Waals surface area contributed by atoms with Gasteiger partial charge in [0.05, 0.1) is 11.2 Å². The van der Waals surface area contributed by atoms with Gasteiger partial charge >= 0.3 is 0 Å². The van der Waals surface area contributed by atoms with Gasteiger partial charge in [0.25, 0.3) is 0 Å². The molecule has 1 aliphatic carbocycles. The molecule has 0 amide bonds. The van der Waals surface area contributed by atoms with Crippen molar-refractivity contribution in [3.8, 4) is 5.69 Å². The van der Waals surface area contributed by atoms with Crippen molar-refractivity contribution in [2.45, 2.75) is 71.9 Å². The van der Waals surface area contributed by atoms with Crippen molar-refractivity contribution in [1.29, 1.82) is 0 Å². The Labute approximate surface area is 144 Å². The van der Waals surface area contributed by atoms with E-state index in [0.717, 1.165) is 30.3 Å². The Morgan fingerprint density at radius 2 is 1.79 bits per heavy atom. The summed E-state index contributed by atoms with van der Waals surface area (Å²) >= 11 is 0. The lowest BCUT2D eigenvalue weighted by Gasteiger charge is -2.40. The summed E-state index contributed by atoms with van der Waals surface area (Å²) < 4.78 is 1.97. The highest BCUT2D eigenvalue weighted by Gasteiger charge is 2.41. The average molecular weight is 327 g/mol. The summed E-state index contributed by atoms with van der Waals surface area (Å²) in [6.45, 7) is 11.0. The van der Waals surface area contributed by atoms with Crippen LogP contribution >= 0.6 is 0 Å². The highest BCUT2D eigenvalue weighted by atomic mass is 15.6. The third-order valence-electron chi connectivity index (χ3n) is 5.24. The van der Waals surface area contributed by atoms with Gasteiger partial charge in [-0.3, -0.25) is 0 Å². The highest BCUT2D eigenvalue weighted by molar-refractivity contribution is 5.47. The van der Waals surface area contributed by atoms with Crippen LogP contribution in [0.2, 0.25) is 0 Å². The van der Waals surface area contributed by atoms with Gasteiger partial charge < -0.3 is 5.32 Å². The van der Waals surface area contributed by atoms with E-state index in [2.05, 4.69) is 73.7 Å². The number of hydrogen-bond acceptors (Lipinski definition) is 4. The molecule has 2 aromatic rings. The summed E-state index contributed by atoms with van der Waals surface area (Å²) in [5.74, 6) is 1.73. The van der Waals surface area contributed by atoms with E-state index in [-0.39, 0.29) is 5.54 Å². The van der Waals surface area contributed by atoms with Gasteiger partial charge in [0.1, 0.15) is 0 Å². The Morgan fingerprint density at radius 3 is 2.38 bits per heavy atom. The molecule has 130 valence electrons. The zero-order valence-electron chi connectivity index (χ0n) is 15.5. The lowest BCUT2D eigenvalue weighted by Crippen LogP contribution is -2.50. The van der Waals surface area contributed by atoms with Crippen LogP contribution in [-0.4, -0.2) is 26.2 Å². The number of nitrogens with zero attached hydrogens (tertiary/aromatic N) is 4. The smallest absolute Gasteiger partial charge is 0.176 e. The minimum absolute atomic E-state index is 0.140. The normalized spacial score (nSPS) is 24.5. The largest absolute Gasteiger partial charge is 0.302 e. The number of tetrazole rings is 1. The van der Waals surface area contributed by atoms with Crippen molar-refractivity contribution in [1.82, 2.24) is 25.5 Å². The Hall–Kier alpha value is -1.75. The zero-order chi connectivity index (χ0) is 17.3. The average Bonchev–Trinajstić information content (AvgIpc) is 2.99. The molecule has 5 nitrogen and oxygen atoms in total. The molecule has 0 radical (unpaired) electrons. The SMILES string of the molecule is Cc1cccc(C)c1-n1nnnc1C1(NC(C)C)CCC(C)CC1. The van der Waals surface area contributed by atoms with E-state index in [0.29, 0.717) is 6.04 Å². The molecule has 1 aromatic heterocycles. The van der Waals surface area contributed by atoms with Gasteiger partial charge in [0.15, 0.2) is 5.82 Å². The molecule has 0 spiro atoms. The van der Waals surface area contributed by atoms with Gasteiger partial charge in [0.2, 0.25) is 0 Å². The van der Waals surface area contributed by atoms with Crippen LogP contribution in [0, 0.1) is 19.8 Å². The van der Waals surface area contributed by atoms with Crippen molar-refractivity contribution in [2.75, 3.05) is 0 Å². The van der Waals surface area contributed by atoms with Crippen LogP contribution in [0.3, 0.4) is 0 Å². The Balaban J connectivity index is 2.09. The van der Waals surface area contributed by atoms with E-state index < -0.39 is 0 Å². The number of nitrogens with one attached hydrogen (secondary N) is 1. The van der Waals surface area contributed by atoms with Crippen LogP contribution in [-0.2, 0) is 5.54 Å². The first kappa shape index (κ1) is 17.1. The standard InChI is InChI=1S/C19H29N5/c1-13(2)20-19(11-9-14(3)10-12-19)18-21-22-23-24(18)17-15(4)7-6-8-16(17)5/h6-8,13-14,20H,9-12H2,1-5H3. The maximum absolute atomic E-state index is 4.49. The van der Waals surface area contributed by atoms with E-state index in [1.807, 2.05) is 4.68 Å². The van der Waals surface area contributed by atoms with Crippen LogP contribution < -0.4 is 5.32 Å². The van der Waals surface area contributed by atoms with Gasteiger partial charge in [-0.25, -0.2) is 0 Å². The zero-order valence-corrected chi connectivity index (χ0v) is 15.5. The molecule has 1 fully saturated rings. The molecular weight excluding hydrogens is 298 g/mol. The predicted octanol–water partition coefficient (Wildman–Crippen LogP) is 3.68. The predicted molar refractivity (Wildman–Crippen MR) is 96.2 cm³/mol. The lowest BCUT2D eigenvalue weighted by atomic mass is 9.76. The fourth-order valence-corrected chi connectivity index (χ4v) is 4.02. The number of benzene rings is 1. The summed E-state index contributed by atoms with van der Waals surface area (Å²) in [4.78, 5) is 0. The molecule has 1 saturated carbocycles. The molecule has 1 aliphatic rings. The number of aromatic nitrogens is 4. The minimum atomic E-state index is -0.140. The van der Waals surface area contributed by atoms with Crippen LogP contribution in [0.4, 0.5) is 0 Å². The fraction of sp³-hybridized carbons (Fsp3) is 0.632. The number of hydrogen-bond donors (Lipinski definition) is 1. The summed E-state index contributed by atoms with van der Waals surface area (Å²) in [6.07, 6.45) is 4.58. The second-order valence-corrected chi connectivity index (χ2v) is 7.72. The number of rotatable bonds is 4. The molecular formula is C19H29N5. The first-order chi connectivity index (χ1) is 11.4. The summed E-state index contributed by atoms with van der Waals surface area (Å²) in [5, 5.41) is 16.7. The van der Waals surface area contributed by atoms with E-state index in [1.54, 1.807) is 0 Å². The van der Waals surface area contributed by atoms with Crippen molar-refractivity contribution in [2.24, 2.45) is 5.92 Å². The van der Waals surface area contributed by atoms with Crippen LogP contribution in [0.15, 0.2) is 18.2 Å². The van der Waals surface area contributed by atoms with Gasteiger partial charge in [-0.1, -0.05) is 25.1 Å². The molecule has 0 aliphatic heterocycles. The molecule has 0 unspecified atom stereocenters. The summed E-state index contributed by atoms with van der Waals surface area (Å²) in [6, 6.07) is 6.72. The molecule has 0 bridgehead atoms. The van der Waals surface area contributed by atoms with E-state index in [4.69, 9.17) is 0 Å². The molecule has 3 rings (SSSR count). The van der Waals surface area contributed by atoms with Crippen molar-refractivity contribution < 1.29 is 0 Å². The second kappa shape index (κ2) is 6.63. The minimum Gasteiger partial charge on any atom is -0.302 e. The van der Waals surface area contributed by atoms with E-state index in [9.17, 15) is 0 Å². The van der Waals surface area contributed by atoms with Gasteiger partial charge in [-0.2, -0.15) is 4.68 Å². The first-order valence-electron chi connectivity index (χ1n) is 9.06. The third kappa shape index (κ3) is 3.09. The second-order valence-electron chi connectivity index (χ2n) is 7.72. The summed E-state index contributed by atoms with van der Waals surface area (Å²) in [5.41, 5.74) is 3.37. The maximum atomic E-state index is 4.49. The van der Waals surface area contributed by atoms with Crippen LogP contribution in [0.25, 0.3) is 5.69 Å². The molecule has 1 aromatic carbocycles. The van der Waals surface area contributed by atoms with Gasteiger partial charge in [-0.05, 0) is 80.8 Å². The first-order valence-corrected chi connectivity index (χ1v) is 9.06. The Bertz CT molecular complexity index is 675. The van der Waals surface area contributed by atoms with Gasteiger partial charge in [-0.15, -0.1) is 5.10 Å². The number of aryl methyl sites for hydroxylation is 2. The monoisotopic (exact) mass is 327 g/mol. The van der Waals surface area contributed by atoms with E-state index >= 15 is 0 Å². The summed E-state index contributed by atoms with van der Waals surface area (Å²) in [7, 11) is 0. The molecule has 24 heavy (non-hydrogen) atoms. The van der Waals surface area contributed by atoms with Crippen molar-refractivity contribution in [3.05, 3.63) is 35.2 Å². The maximum Gasteiger partial charge on any atom is 0.176 e. The lowest BCUT2D eigenvalue weighted by molar-refractivity contribution is 0.170. The molecule has 5 heteroatoms. The molecule has 0 saturated heterocycles. The quantitative estimate of drug-likeness (QED) is 0.930. The molecule has 1 heterocycles. The third-order valence-corrected chi connectivity index (χ3v) is 5.24. The molecule has 0 atom stereocenters. The van der Waals surface area contributed by atoms with Crippen LogP contribution in [0.1, 0.15) is 63.4 Å². The van der Waals surface area contributed by atoms with Gasteiger partial charge in [0, 0.05) is 6.04 Å². The van der Waals surface area contributed by atoms with Crippen molar-refractivity contribution >= 4 is 0 Å². The van der Waals surface area contributed by atoms with Crippen molar-refractivity contribution in [3.63, 3.8) is 0 Å². The highest BCUT2D eigenvalue weighted by Crippen LogP contribution is 2.39. The van der Waals surface area contributed by atoms with Crippen LogP contribution in [0.5, 0.6) is 0 Å². The number of para-hydroxylation sites is 1. The fourth-order valence-electron chi connectivity index (χ4n) is 4.02.